The minimum atomic E-state index is -0.111. The first-order valence-corrected chi connectivity index (χ1v) is 14.2. The first-order valence-electron chi connectivity index (χ1n) is 14.2. The first kappa shape index (κ1) is 27.7. The van der Waals surface area contributed by atoms with Gasteiger partial charge in [-0.1, -0.05) is 66.7 Å². The molecular weight excluding hydrogens is 500 g/mol. The third-order valence-electron chi connectivity index (χ3n) is 7.58. The number of imidazole rings is 1. The van der Waals surface area contributed by atoms with Crippen LogP contribution >= 0.6 is 0 Å². The Labute approximate surface area is 236 Å². The molecule has 4 aromatic rings. The van der Waals surface area contributed by atoms with Crippen LogP contribution in [0.3, 0.4) is 0 Å². The van der Waals surface area contributed by atoms with E-state index in [1.807, 2.05) is 30.3 Å². The van der Waals surface area contributed by atoms with Gasteiger partial charge in [0.1, 0.15) is 0 Å². The van der Waals surface area contributed by atoms with E-state index in [0.29, 0.717) is 13.1 Å². The fourth-order valence-electron chi connectivity index (χ4n) is 5.33. The summed E-state index contributed by atoms with van der Waals surface area (Å²) in [4.78, 5) is 27.6. The Morgan fingerprint density at radius 2 is 1.75 bits per heavy atom. The second-order valence-corrected chi connectivity index (χ2v) is 10.6. The molecular formula is C32H40N6O2. The number of aromatic nitrogens is 2. The van der Waals surface area contributed by atoms with Crippen molar-refractivity contribution in [3.8, 4) is 0 Å². The van der Waals surface area contributed by atoms with Gasteiger partial charge in [-0.15, -0.1) is 0 Å². The fourth-order valence-corrected chi connectivity index (χ4v) is 5.33. The maximum Gasteiger partial charge on any atom is 0.318 e. The lowest BCUT2D eigenvalue weighted by molar-refractivity contribution is 0.0364. The van der Waals surface area contributed by atoms with E-state index in [4.69, 9.17) is 4.74 Å². The monoisotopic (exact) mass is 540 g/mol. The van der Waals surface area contributed by atoms with Crippen molar-refractivity contribution in [2.45, 2.75) is 32.5 Å². The zero-order valence-electron chi connectivity index (χ0n) is 23.6. The molecule has 40 heavy (non-hydrogen) atoms. The standard InChI is InChI=1S/C32H40N6O2/c1-25(29-10-5-8-28-7-3-4-9-30(28)29)35-32(39)38(18-6-17-37-19-21-40-22-20-37)24-27-13-11-26(12-14-27)23-36(2)31-33-15-16-34-31/h3-5,7-16,25H,6,17-24H2,1-2H3,(H,33,34)(H,35,39)/t25-/m0/s1. The topological polar surface area (TPSA) is 76.7 Å². The summed E-state index contributed by atoms with van der Waals surface area (Å²) in [6, 6.07) is 23.0. The summed E-state index contributed by atoms with van der Waals surface area (Å²) in [5.41, 5.74) is 3.43. The molecule has 2 heterocycles. The Bertz CT molecular complexity index is 1350. The number of urea groups is 1. The van der Waals surface area contributed by atoms with Gasteiger partial charge in [0.15, 0.2) is 0 Å². The van der Waals surface area contributed by atoms with Gasteiger partial charge in [-0.05, 0) is 40.8 Å². The molecule has 0 unspecified atom stereocenters. The van der Waals surface area contributed by atoms with Crippen LogP contribution in [0, 0.1) is 0 Å². The highest BCUT2D eigenvalue weighted by atomic mass is 16.5. The Kier molecular flexibility index (Phi) is 9.31. The number of ether oxygens (including phenoxy) is 1. The number of fused-ring (bicyclic) bond motifs is 1. The molecule has 2 amide bonds. The number of rotatable bonds is 11. The van der Waals surface area contributed by atoms with Gasteiger partial charge in [0.2, 0.25) is 5.95 Å². The van der Waals surface area contributed by atoms with Crippen molar-refractivity contribution < 1.29 is 9.53 Å². The number of carbonyl (C=O) groups is 1. The number of carbonyl (C=O) groups excluding carboxylic acids is 1. The van der Waals surface area contributed by atoms with Crippen molar-refractivity contribution >= 4 is 22.8 Å². The summed E-state index contributed by atoms with van der Waals surface area (Å²) in [6.45, 7) is 8.51. The van der Waals surface area contributed by atoms with Crippen LogP contribution in [0.1, 0.15) is 36.1 Å². The van der Waals surface area contributed by atoms with E-state index in [1.165, 1.54) is 16.3 Å². The molecule has 0 spiro atoms. The maximum absolute atomic E-state index is 13.7. The van der Waals surface area contributed by atoms with Crippen LogP contribution in [-0.2, 0) is 17.8 Å². The molecule has 8 heteroatoms. The zero-order chi connectivity index (χ0) is 27.7. The van der Waals surface area contributed by atoms with E-state index in [0.717, 1.165) is 62.9 Å². The molecule has 5 rings (SSSR count). The molecule has 0 radical (unpaired) electrons. The molecule has 8 nitrogen and oxygen atoms in total. The zero-order valence-corrected chi connectivity index (χ0v) is 23.6. The number of hydrogen-bond acceptors (Lipinski definition) is 5. The second-order valence-electron chi connectivity index (χ2n) is 10.6. The third-order valence-corrected chi connectivity index (χ3v) is 7.58. The Morgan fingerprint density at radius 1 is 1.02 bits per heavy atom. The molecule has 1 saturated heterocycles. The van der Waals surface area contributed by atoms with Crippen molar-refractivity contribution in [2.75, 3.05) is 51.3 Å². The molecule has 1 fully saturated rings. The molecule has 1 aliphatic heterocycles. The quantitative estimate of drug-likeness (QED) is 0.274. The summed E-state index contributed by atoms with van der Waals surface area (Å²) >= 11 is 0. The number of hydrogen-bond donors (Lipinski definition) is 2. The number of H-pyrrole nitrogens is 1. The molecule has 1 atom stereocenters. The first-order chi connectivity index (χ1) is 19.6. The highest BCUT2D eigenvalue weighted by Gasteiger charge is 2.19. The lowest BCUT2D eigenvalue weighted by Gasteiger charge is -2.29. The molecule has 0 saturated carbocycles. The van der Waals surface area contributed by atoms with Crippen LogP contribution in [0.15, 0.2) is 79.1 Å². The number of amides is 2. The van der Waals surface area contributed by atoms with E-state index in [-0.39, 0.29) is 12.1 Å². The highest BCUT2D eigenvalue weighted by Crippen LogP contribution is 2.24. The number of aromatic amines is 1. The van der Waals surface area contributed by atoms with Crippen molar-refractivity contribution in [2.24, 2.45) is 0 Å². The lowest BCUT2D eigenvalue weighted by atomic mass is 10.00. The molecule has 1 aliphatic rings. The van der Waals surface area contributed by atoms with E-state index in [1.54, 1.807) is 6.20 Å². The number of benzene rings is 3. The smallest absolute Gasteiger partial charge is 0.318 e. The van der Waals surface area contributed by atoms with Crippen LogP contribution in [0.5, 0.6) is 0 Å². The number of anilines is 1. The number of nitrogens with one attached hydrogen (secondary N) is 2. The van der Waals surface area contributed by atoms with Gasteiger partial charge in [-0.3, -0.25) is 4.90 Å². The Balaban J connectivity index is 1.25. The second kappa shape index (κ2) is 13.5. The van der Waals surface area contributed by atoms with Gasteiger partial charge in [0, 0.05) is 58.7 Å². The van der Waals surface area contributed by atoms with Gasteiger partial charge in [0.05, 0.1) is 19.3 Å². The van der Waals surface area contributed by atoms with Gasteiger partial charge in [-0.25, -0.2) is 9.78 Å². The SMILES string of the molecule is C[C@H](NC(=O)N(CCCN1CCOCC1)Cc1ccc(CN(C)c2ncc[nH]2)cc1)c1cccc2ccccc12. The average Bonchev–Trinajstić information content (AvgIpc) is 3.53. The summed E-state index contributed by atoms with van der Waals surface area (Å²) < 4.78 is 5.49. The minimum absolute atomic E-state index is 0.0379. The van der Waals surface area contributed by atoms with E-state index in [9.17, 15) is 4.79 Å². The number of morpholine rings is 1. The minimum Gasteiger partial charge on any atom is -0.379 e. The van der Waals surface area contributed by atoms with E-state index >= 15 is 0 Å². The van der Waals surface area contributed by atoms with Gasteiger partial charge in [0.25, 0.3) is 0 Å². The van der Waals surface area contributed by atoms with Gasteiger partial charge >= 0.3 is 6.03 Å². The number of nitrogens with zero attached hydrogens (tertiary/aromatic N) is 4. The van der Waals surface area contributed by atoms with Crippen LogP contribution < -0.4 is 10.2 Å². The highest BCUT2D eigenvalue weighted by molar-refractivity contribution is 5.86. The van der Waals surface area contributed by atoms with Crippen LogP contribution in [-0.4, -0.2) is 72.2 Å². The molecule has 0 aliphatic carbocycles. The van der Waals surface area contributed by atoms with Crippen LogP contribution in [0.2, 0.25) is 0 Å². The fraction of sp³-hybridized carbons (Fsp3) is 0.375. The van der Waals surface area contributed by atoms with Crippen molar-refractivity contribution in [3.63, 3.8) is 0 Å². The Morgan fingerprint density at radius 3 is 2.50 bits per heavy atom. The molecule has 1 aromatic heterocycles. The van der Waals surface area contributed by atoms with E-state index in [2.05, 4.69) is 86.6 Å². The van der Waals surface area contributed by atoms with Crippen molar-refractivity contribution in [1.82, 2.24) is 25.1 Å². The van der Waals surface area contributed by atoms with Crippen molar-refractivity contribution in [1.29, 1.82) is 0 Å². The third kappa shape index (κ3) is 7.20. The van der Waals surface area contributed by atoms with Gasteiger partial charge in [-0.2, -0.15) is 0 Å². The summed E-state index contributed by atoms with van der Waals surface area (Å²) in [5, 5.41) is 5.64. The molecule has 210 valence electrons. The Hall–Kier alpha value is -3.88. The molecule has 3 aromatic carbocycles. The average molecular weight is 541 g/mol. The maximum atomic E-state index is 13.7. The summed E-state index contributed by atoms with van der Waals surface area (Å²) in [7, 11) is 2.02. The summed E-state index contributed by atoms with van der Waals surface area (Å²) in [5.74, 6) is 0.840. The van der Waals surface area contributed by atoms with Gasteiger partial charge < -0.3 is 24.8 Å². The lowest BCUT2D eigenvalue weighted by Crippen LogP contribution is -2.43. The largest absolute Gasteiger partial charge is 0.379 e. The normalized spacial score (nSPS) is 14.7. The summed E-state index contributed by atoms with van der Waals surface area (Å²) in [6.07, 6.45) is 4.51. The molecule has 2 N–H and O–H groups in total. The van der Waals surface area contributed by atoms with E-state index < -0.39 is 0 Å². The predicted octanol–water partition coefficient (Wildman–Crippen LogP) is 5.19. The predicted molar refractivity (Wildman–Crippen MR) is 160 cm³/mol. The van der Waals surface area contributed by atoms with Crippen LogP contribution in [0.25, 0.3) is 10.8 Å². The van der Waals surface area contributed by atoms with Crippen LogP contribution in [0.4, 0.5) is 10.7 Å². The van der Waals surface area contributed by atoms with Crippen molar-refractivity contribution in [3.05, 3.63) is 95.8 Å². The molecule has 0 bridgehead atoms.